The largest absolute Gasteiger partial charge is 0.508 e. The molecule has 0 aliphatic heterocycles. The van der Waals surface area contributed by atoms with Crippen molar-refractivity contribution in [3.8, 4) is 5.75 Å². The Bertz CT molecular complexity index is 575. The smallest absolute Gasteiger partial charge is 0.118 e. The number of aryl methyl sites for hydroxylation is 2. The summed E-state index contributed by atoms with van der Waals surface area (Å²) in [4.78, 5) is 0. The van der Waals surface area contributed by atoms with Crippen molar-refractivity contribution in [3.63, 3.8) is 0 Å². The van der Waals surface area contributed by atoms with Crippen molar-refractivity contribution in [3.05, 3.63) is 28.8 Å². The highest BCUT2D eigenvalue weighted by Crippen LogP contribution is 2.62. The molecular weight excluding hydrogens is 256 g/mol. The van der Waals surface area contributed by atoms with Crippen LogP contribution in [0.25, 0.3) is 0 Å². The third kappa shape index (κ3) is 1.82. The molecule has 3 aliphatic rings. The normalized spacial score (nSPS) is 41.3. The Morgan fingerprint density at radius 2 is 1.95 bits per heavy atom. The number of benzene rings is 1. The van der Waals surface area contributed by atoms with Crippen LogP contribution >= 0.6 is 0 Å². The molecule has 1 aromatic carbocycles. The van der Waals surface area contributed by atoms with Gasteiger partial charge in [0.05, 0.1) is 0 Å². The molecule has 1 N–H and O–H groups in total. The van der Waals surface area contributed by atoms with Crippen molar-refractivity contribution in [2.45, 2.75) is 65.2 Å². The van der Waals surface area contributed by atoms with Gasteiger partial charge in [0.15, 0.2) is 0 Å². The van der Waals surface area contributed by atoms with Gasteiger partial charge in [-0.2, -0.15) is 0 Å². The van der Waals surface area contributed by atoms with Gasteiger partial charge in [0.2, 0.25) is 0 Å². The van der Waals surface area contributed by atoms with Crippen LogP contribution in [0.4, 0.5) is 0 Å². The lowest BCUT2D eigenvalue weighted by atomic mass is 9.54. The third-order valence-electron chi connectivity index (χ3n) is 7.52. The molecule has 4 rings (SSSR count). The molecule has 1 aromatic rings. The quantitative estimate of drug-likeness (QED) is 0.695. The Hall–Kier alpha value is -0.980. The highest BCUT2D eigenvalue weighted by molar-refractivity contribution is 5.45. The van der Waals surface area contributed by atoms with Gasteiger partial charge in [0.1, 0.15) is 5.75 Å². The SMILES string of the molecule is Cc1cc2c(cc1O)CC[C@@H]1[C@@H]2CC[C@]2(C)[C@@H](C)CC[C@@H]12. The lowest BCUT2D eigenvalue weighted by Crippen LogP contribution is -2.41. The van der Waals surface area contributed by atoms with Gasteiger partial charge in [0.25, 0.3) is 0 Å². The lowest BCUT2D eigenvalue weighted by molar-refractivity contribution is 0.0336. The van der Waals surface area contributed by atoms with Crippen LogP contribution in [0.3, 0.4) is 0 Å². The van der Waals surface area contributed by atoms with E-state index >= 15 is 0 Å². The summed E-state index contributed by atoms with van der Waals surface area (Å²) in [5, 5.41) is 10.00. The highest BCUT2D eigenvalue weighted by atomic mass is 16.3. The Kier molecular flexibility index (Phi) is 2.93. The van der Waals surface area contributed by atoms with E-state index in [1.807, 2.05) is 13.0 Å². The summed E-state index contributed by atoms with van der Waals surface area (Å²) in [7, 11) is 0. The van der Waals surface area contributed by atoms with Gasteiger partial charge in [0, 0.05) is 0 Å². The summed E-state index contributed by atoms with van der Waals surface area (Å²) in [5.41, 5.74) is 4.66. The minimum atomic E-state index is 0.488. The summed E-state index contributed by atoms with van der Waals surface area (Å²) in [6.45, 7) is 7.10. The average Bonchev–Trinajstić information content (AvgIpc) is 2.76. The zero-order chi connectivity index (χ0) is 14.8. The molecule has 1 heteroatoms. The number of fused-ring (bicyclic) bond motifs is 5. The van der Waals surface area contributed by atoms with E-state index in [1.54, 1.807) is 5.56 Å². The van der Waals surface area contributed by atoms with Gasteiger partial charge in [-0.15, -0.1) is 0 Å². The van der Waals surface area contributed by atoms with Gasteiger partial charge in [-0.3, -0.25) is 0 Å². The summed E-state index contributed by atoms with van der Waals surface area (Å²) >= 11 is 0. The maximum Gasteiger partial charge on any atom is 0.118 e. The fourth-order valence-corrected chi connectivity index (χ4v) is 5.98. The van der Waals surface area contributed by atoms with Crippen LogP contribution in [0, 0.1) is 30.1 Å². The van der Waals surface area contributed by atoms with Crippen molar-refractivity contribution >= 4 is 0 Å². The lowest BCUT2D eigenvalue weighted by Gasteiger charge is -2.50. The van der Waals surface area contributed by atoms with E-state index in [2.05, 4.69) is 19.9 Å². The second-order valence-corrected chi connectivity index (χ2v) is 8.28. The third-order valence-corrected chi connectivity index (χ3v) is 7.52. The summed E-state index contributed by atoms with van der Waals surface area (Å²) in [5.74, 6) is 3.99. The molecule has 114 valence electrons. The molecule has 1 nitrogen and oxygen atoms in total. The topological polar surface area (TPSA) is 20.2 Å². The molecule has 2 fully saturated rings. The molecular formula is C20H28O. The van der Waals surface area contributed by atoms with E-state index in [4.69, 9.17) is 0 Å². The number of phenols is 1. The van der Waals surface area contributed by atoms with Crippen LogP contribution in [0.2, 0.25) is 0 Å². The summed E-state index contributed by atoms with van der Waals surface area (Å²) in [6, 6.07) is 4.34. The fraction of sp³-hybridized carbons (Fsp3) is 0.700. The minimum absolute atomic E-state index is 0.488. The van der Waals surface area contributed by atoms with Crippen LogP contribution in [0.15, 0.2) is 12.1 Å². The first-order valence-corrected chi connectivity index (χ1v) is 8.83. The Labute approximate surface area is 128 Å². The van der Waals surface area contributed by atoms with Crippen LogP contribution in [-0.2, 0) is 6.42 Å². The first kappa shape index (κ1) is 13.7. The van der Waals surface area contributed by atoms with E-state index in [0.717, 1.165) is 29.2 Å². The van der Waals surface area contributed by atoms with Crippen LogP contribution < -0.4 is 0 Å². The zero-order valence-corrected chi connectivity index (χ0v) is 13.7. The number of aromatic hydroxyl groups is 1. The predicted molar refractivity (Wildman–Crippen MR) is 86.6 cm³/mol. The van der Waals surface area contributed by atoms with E-state index in [1.165, 1.54) is 44.1 Å². The van der Waals surface area contributed by atoms with E-state index in [9.17, 15) is 5.11 Å². The molecule has 3 aliphatic carbocycles. The monoisotopic (exact) mass is 284 g/mol. The number of rotatable bonds is 0. The van der Waals surface area contributed by atoms with Crippen molar-refractivity contribution in [2.24, 2.45) is 23.2 Å². The average molecular weight is 284 g/mol. The second-order valence-electron chi connectivity index (χ2n) is 8.28. The van der Waals surface area contributed by atoms with E-state index in [-0.39, 0.29) is 0 Å². The maximum atomic E-state index is 10.00. The predicted octanol–water partition coefficient (Wildman–Crippen LogP) is 5.19. The molecule has 0 heterocycles. The fourth-order valence-electron chi connectivity index (χ4n) is 5.98. The molecule has 0 amide bonds. The van der Waals surface area contributed by atoms with Crippen molar-refractivity contribution in [1.29, 1.82) is 0 Å². The molecule has 2 saturated carbocycles. The van der Waals surface area contributed by atoms with Crippen molar-refractivity contribution in [1.82, 2.24) is 0 Å². The molecule has 0 saturated heterocycles. The van der Waals surface area contributed by atoms with Crippen molar-refractivity contribution < 1.29 is 5.11 Å². The summed E-state index contributed by atoms with van der Waals surface area (Å²) < 4.78 is 0. The highest BCUT2D eigenvalue weighted by Gasteiger charge is 2.53. The van der Waals surface area contributed by atoms with E-state index in [0.29, 0.717) is 11.2 Å². The molecule has 5 atom stereocenters. The van der Waals surface area contributed by atoms with Crippen molar-refractivity contribution in [2.75, 3.05) is 0 Å². The maximum absolute atomic E-state index is 10.00. The molecule has 0 unspecified atom stereocenters. The molecule has 0 bridgehead atoms. The second kappa shape index (κ2) is 4.51. The standard InChI is InChI=1S/C20H28O/c1-12-10-17-14(11-19(12)21)5-6-16-15(17)8-9-20(3)13(2)4-7-18(16)20/h10-11,13,15-16,18,21H,4-9H2,1-3H3/t13-,15-,16+,18-,20+/m0/s1. The number of hydrogen-bond acceptors (Lipinski definition) is 1. The Morgan fingerprint density at radius 3 is 2.76 bits per heavy atom. The van der Waals surface area contributed by atoms with Gasteiger partial charge in [-0.1, -0.05) is 19.9 Å². The van der Waals surface area contributed by atoms with Crippen LogP contribution in [0.1, 0.15) is 68.6 Å². The Morgan fingerprint density at radius 1 is 1.14 bits per heavy atom. The molecule has 0 radical (unpaired) electrons. The number of phenolic OH excluding ortho intramolecular Hbond substituents is 1. The van der Waals surface area contributed by atoms with Gasteiger partial charge >= 0.3 is 0 Å². The molecule has 0 aromatic heterocycles. The summed E-state index contributed by atoms with van der Waals surface area (Å²) in [6.07, 6.45) is 8.16. The Balaban J connectivity index is 1.73. The van der Waals surface area contributed by atoms with Gasteiger partial charge < -0.3 is 5.11 Å². The first-order chi connectivity index (χ1) is 10.0. The molecule has 21 heavy (non-hydrogen) atoms. The zero-order valence-electron chi connectivity index (χ0n) is 13.7. The molecule has 0 spiro atoms. The van der Waals surface area contributed by atoms with Crippen LogP contribution in [-0.4, -0.2) is 5.11 Å². The van der Waals surface area contributed by atoms with Crippen LogP contribution in [0.5, 0.6) is 5.75 Å². The minimum Gasteiger partial charge on any atom is -0.508 e. The number of hydrogen-bond donors (Lipinski definition) is 1. The first-order valence-electron chi connectivity index (χ1n) is 8.83. The van der Waals surface area contributed by atoms with Gasteiger partial charge in [-0.05, 0) is 97.3 Å². The van der Waals surface area contributed by atoms with E-state index < -0.39 is 0 Å². The van der Waals surface area contributed by atoms with Gasteiger partial charge in [-0.25, -0.2) is 0 Å².